The summed E-state index contributed by atoms with van der Waals surface area (Å²) < 4.78 is 1.56. The van der Waals surface area contributed by atoms with Crippen LogP contribution in [0.1, 0.15) is 12.1 Å². The van der Waals surface area contributed by atoms with Gasteiger partial charge >= 0.3 is 0 Å². The fourth-order valence-electron chi connectivity index (χ4n) is 1.24. The number of rotatable bonds is 1. The predicted octanol–water partition coefficient (Wildman–Crippen LogP) is 1.93. The van der Waals surface area contributed by atoms with Crippen LogP contribution < -0.4 is 11.5 Å². The van der Waals surface area contributed by atoms with E-state index in [-0.39, 0.29) is 37.2 Å². The van der Waals surface area contributed by atoms with Crippen LogP contribution in [0.2, 0.25) is 5.02 Å². The first-order valence-corrected chi connectivity index (χ1v) is 5.08. The van der Waals surface area contributed by atoms with Crippen LogP contribution in [-0.2, 0) is 0 Å². The van der Waals surface area contributed by atoms with Gasteiger partial charge in [-0.15, -0.1) is 37.2 Å². The van der Waals surface area contributed by atoms with E-state index in [2.05, 4.69) is 21.9 Å². The number of anilines is 1. The number of nitrogens with two attached hydrogens (primary N) is 2. The van der Waals surface area contributed by atoms with Crippen molar-refractivity contribution in [2.24, 2.45) is 5.73 Å². The van der Waals surface area contributed by atoms with Gasteiger partial charge in [-0.3, -0.25) is 0 Å². The van der Waals surface area contributed by atoms with Crippen LogP contribution in [0.3, 0.4) is 0 Å². The van der Waals surface area contributed by atoms with Gasteiger partial charge in [0.25, 0.3) is 0 Å². The molecule has 0 spiro atoms. The molecule has 9 heteroatoms. The Morgan fingerprint density at radius 2 is 1.95 bits per heavy atom. The zero-order valence-electron chi connectivity index (χ0n) is 9.67. The zero-order chi connectivity index (χ0) is 11.5. The van der Waals surface area contributed by atoms with Crippen LogP contribution >= 0.6 is 48.8 Å². The Labute approximate surface area is 134 Å². The fraction of sp³-hybridized carbons (Fsp3) is 0.200. The third-order valence-corrected chi connectivity index (χ3v) is 2.31. The normalized spacial score (nSPS) is 8.53. The van der Waals surface area contributed by atoms with Crippen molar-refractivity contribution in [3.05, 3.63) is 23.1 Å². The van der Waals surface area contributed by atoms with Gasteiger partial charge < -0.3 is 11.5 Å². The fourth-order valence-corrected chi connectivity index (χ4v) is 1.37. The van der Waals surface area contributed by atoms with Gasteiger partial charge in [-0.1, -0.05) is 17.5 Å². The summed E-state index contributed by atoms with van der Waals surface area (Å²) in [6.45, 7) is 0.533. The van der Waals surface area contributed by atoms with E-state index < -0.39 is 0 Å². The van der Waals surface area contributed by atoms with Crippen molar-refractivity contribution in [1.29, 1.82) is 0 Å². The first-order chi connectivity index (χ1) is 7.74. The van der Waals surface area contributed by atoms with Crippen molar-refractivity contribution in [3.63, 3.8) is 0 Å². The first-order valence-electron chi connectivity index (χ1n) is 4.70. The lowest BCUT2D eigenvalue weighted by Gasteiger charge is -1.99. The van der Waals surface area contributed by atoms with Crippen molar-refractivity contribution >= 4 is 60.2 Å². The average Bonchev–Trinajstić information content (AvgIpc) is 2.68. The molecule has 0 aliphatic heterocycles. The van der Waals surface area contributed by atoms with Crippen molar-refractivity contribution in [2.45, 2.75) is 6.42 Å². The second kappa shape index (κ2) is 9.08. The van der Waals surface area contributed by atoms with Crippen LogP contribution in [0.4, 0.5) is 5.69 Å². The second-order valence-electron chi connectivity index (χ2n) is 3.13. The minimum atomic E-state index is 0. The molecule has 0 amide bonds. The minimum absolute atomic E-state index is 0. The number of hydrogen-bond acceptors (Lipinski definition) is 4. The van der Waals surface area contributed by atoms with Gasteiger partial charge in [-0.2, -0.15) is 5.10 Å². The van der Waals surface area contributed by atoms with Gasteiger partial charge in [-0.25, -0.2) is 9.50 Å². The van der Waals surface area contributed by atoms with E-state index in [0.717, 1.165) is 0 Å². The highest BCUT2D eigenvalue weighted by atomic mass is 35.5. The van der Waals surface area contributed by atoms with E-state index in [1.807, 2.05) is 0 Å². The number of halogens is 4. The maximum absolute atomic E-state index is 5.83. The molecule has 0 saturated heterocycles. The molecule has 0 atom stereocenters. The molecular weight excluding hydrogens is 332 g/mol. The number of imidazole rings is 1. The van der Waals surface area contributed by atoms with Gasteiger partial charge in [-0.05, 0) is 5.92 Å². The molecule has 2 aromatic heterocycles. The van der Waals surface area contributed by atoms with E-state index in [4.69, 9.17) is 23.1 Å². The minimum Gasteiger partial charge on any atom is -0.394 e. The quantitative estimate of drug-likeness (QED) is 0.774. The van der Waals surface area contributed by atoms with Crippen LogP contribution in [0.25, 0.3) is 5.65 Å². The molecule has 5 nitrogen and oxygen atoms in total. The summed E-state index contributed by atoms with van der Waals surface area (Å²) in [5, 5.41) is 4.48. The number of nitrogens with zero attached hydrogens (tertiary/aromatic N) is 3. The Kier molecular flexibility index (Phi) is 9.75. The van der Waals surface area contributed by atoms with Crippen LogP contribution in [-0.4, -0.2) is 21.1 Å². The van der Waals surface area contributed by atoms with Crippen LogP contribution in [0.15, 0.2) is 12.4 Å². The highest BCUT2D eigenvalue weighted by Crippen LogP contribution is 2.21. The van der Waals surface area contributed by atoms with E-state index in [0.29, 0.717) is 35.0 Å². The maximum atomic E-state index is 5.83. The van der Waals surface area contributed by atoms with Gasteiger partial charge in [0.15, 0.2) is 5.65 Å². The molecule has 2 rings (SSSR count). The first kappa shape index (κ1) is 20.4. The maximum Gasteiger partial charge on any atom is 0.179 e. The summed E-state index contributed by atoms with van der Waals surface area (Å²) in [7, 11) is 0. The largest absolute Gasteiger partial charge is 0.394 e. The molecule has 0 fully saturated rings. The van der Waals surface area contributed by atoms with Crippen molar-refractivity contribution in [2.75, 3.05) is 12.3 Å². The molecule has 2 aromatic rings. The lowest BCUT2D eigenvalue weighted by molar-refractivity contribution is 0.925. The Morgan fingerprint density at radius 3 is 2.58 bits per heavy atom. The molecule has 0 aromatic carbocycles. The molecular formula is C10H13Cl4N5. The lowest BCUT2D eigenvalue weighted by atomic mass is 10.4. The molecule has 0 saturated carbocycles. The summed E-state index contributed by atoms with van der Waals surface area (Å²) in [4.78, 5) is 4.12. The summed E-state index contributed by atoms with van der Waals surface area (Å²) >= 11 is 5.83. The topological polar surface area (TPSA) is 82.2 Å². The average molecular weight is 345 g/mol. The number of nitrogen functional groups attached to an aromatic ring is 1. The van der Waals surface area contributed by atoms with Gasteiger partial charge in [0.1, 0.15) is 5.69 Å². The smallest absolute Gasteiger partial charge is 0.179 e. The molecule has 4 N–H and O–H groups in total. The molecule has 19 heavy (non-hydrogen) atoms. The summed E-state index contributed by atoms with van der Waals surface area (Å²) in [6.07, 6.45) is 3.72. The Balaban J connectivity index is 0. The Morgan fingerprint density at radius 1 is 1.26 bits per heavy atom. The summed E-state index contributed by atoms with van der Waals surface area (Å²) in [5.74, 6) is 5.84. The Bertz CT molecular complexity index is 587. The second-order valence-corrected chi connectivity index (χ2v) is 3.53. The highest BCUT2D eigenvalue weighted by Gasteiger charge is 2.07. The number of fused-ring (bicyclic) bond motifs is 1. The molecule has 0 aliphatic rings. The summed E-state index contributed by atoms with van der Waals surface area (Å²) in [5.41, 5.74) is 12.7. The Hall–Kier alpha value is -0.900. The highest BCUT2D eigenvalue weighted by molar-refractivity contribution is 6.33. The van der Waals surface area contributed by atoms with Gasteiger partial charge in [0, 0.05) is 13.0 Å². The lowest BCUT2D eigenvalue weighted by Crippen LogP contribution is -1.99. The monoisotopic (exact) mass is 343 g/mol. The SMILES string of the molecule is Cl.Cl.Cl.NCCC#Cc1cnc2c(N)c(Cl)cnn12. The molecule has 2 heterocycles. The zero-order valence-corrected chi connectivity index (χ0v) is 12.9. The van der Waals surface area contributed by atoms with Gasteiger partial charge in [0.05, 0.1) is 23.1 Å². The third kappa shape index (κ3) is 4.30. The summed E-state index contributed by atoms with van der Waals surface area (Å²) in [6, 6.07) is 0. The van der Waals surface area contributed by atoms with E-state index in [1.165, 1.54) is 6.20 Å². The van der Waals surface area contributed by atoms with Crippen molar-refractivity contribution in [3.8, 4) is 11.8 Å². The van der Waals surface area contributed by atoms with Crippen LogP contribution in [0.5, 0.6) is 0 Å². The third-order valence-electron chi connectivity index (χ3n) is 2.01. The van der Waals surface area contributed by atoms with Crippen molar-refractivity contribution in [1.82, 2.24) is 14.6 Å². The van der Waals surface area contributed by atoms with Crippen molar-refractivity contribution < 1.29 is 0 Å². The van der Waals surface area contributed by atoms with Crippen LogP contribution in [0, 0.1) is 11.8 Å². The van der Waals surface area contributed by atoms with Gasteiger partial charge in [0.2, 0.25) is 0 Å². The number of hydrogen-bond donors (Lipinski definition) is 2. The standard InChI is InChI=1S/C10H10ClN5.3ClH/c11-8-6-15-16-7(3-1-2-4-12)5-14-10(16)9(8)13;;;/h5-6H,2,4,12-13H2;3*1H. The molecule has 106 valence electrons. The van der Waals surface area contributed by atoms with E-state index >= 15 is 0 Å². The van der Waals surface area contributed by atoms with E-state index in [1.54, 1.807) is 10.7 Å². The molecule has 0 unspecified atom stereocenters. The predicted molar refractivity (Wildman–Crippen MR) is 84.7 cm³/mol. The van der Waals surface area contributed by atoms with E-state index in [9.17, 15) is 0 Å². The molecule has 0 aliphatic carbocycles. The number of aromatic nitrogens is 3. The molecule has 0 bridgehead atoms. The molecule has 0 radical (unpaired) electrons.